The molecule has 2 fully saturated rings. The lowest BCUT2D eigenvalue weighted by atomic mass is 9.90. The Morgan fingerprint density at radius 2 is 1.63 bits per heavy atom. The van der Waals surface area contributed by atoms with Crippen molar-refractivity contribution >= 4 is 29.4 Å². The lowest BCUT2D eigenvalue weighted by molar-refractivity contribution is -0.137. The first kappa shape index (κ1) is 28.7. The van der Waals surface area contributed by atoms with Crippen LogP contribution in [-0.4, -0.2) is 47.3 Å². The van der Waals surface area contributed by atoms with E-state index in [4.69, 9.17) is 21.4 Å². The number of rotatable bonds is 5. The number of carbonyl (C=O) groups is 2. The molecule has 0 saturated carbocycles. The molecule has 1 amide bonds. The van der Waals surface area contributed by atoms with Gasteiger partial charge in [0.1, 0.15) is 5.60 Å². The molecule has 3 aromatic rings. The van der Waals surface area contributed by atoms with Gasteiger partial charge >= 0.3 is 18.2 Å². The number of anilines is 1. The average molecular weight is 599 g/mol. The number of likely N-dealkylation sites (tertiary alicyclic amines) is 1. The van der Waals surface area contributed by atoms with Gasteiger partial charge in [-0.3, -0.25) is 9.80 Å². The fourth-order valence-corrected chi connectivity index (χ4v) is 5.45. The molecule has 0 atom stereocenters. The Bertz CT molecular complexity index is 1520. The molecule has 2 saturated heterocycles. The molecule has 2 aliphatic heterocycles. The summed E-state index contributed by atoms with van der Waals surface area (Å²) in [6, 6.07) is 9.03. The van der Waals surface area contributed by atoms with Crippen molar-refractivity contribution in [1.82, 2.24) is 4.90 Å². The van der Waals surface area contributed by atoms with Crippen molar-refractivity contribution in [2.24, 2.45) is 0 Å². The zero-order valence-electron chi connectivity index (χ0n) is 21.1. The van der Waals surface area contributed by atoms with Gasteiger partial charge in [-0.25, -0.2) is 22.8 Å². The Hall–Kier alpha value is -3.77. The summed E-state index contributed by atoms with van der Waals surface area (Å²) < 4.78 is 88.9. The molecule has 13 heteroatoms. The highest BCUT2D eigenvalue weighted by molar-refractivity contribution is 6.31. The van der Waals surface area contributed by atoms with Gasteiger partial charge in [0, 0.05) is 43.7 Å². The topological polar surface area (TPSA) is 70.1 Å². The van der Waals surface area contributed by atoms with E-state index in [2.05, 4.69) is 0 Å². The zero-order chi connectivity index (χ0) is 29.7. The van der Waals surface area contributed by atoms with E-state index in [1.165, 1.54) is 29.2 Å². The monoisotopic (exact) mass is 598 g/mol. The number of hydrogen-bond donors (Lipinski definition) is 1. The minimum atomic E-state index is -4.81. The van der Waals surface area contributed by atoms with Crippen molar-refractivity contribution in [3.05, 3.63) is 87.7 Å². The van der Waals surface area contributed by atoms with E-state index in [-0.39, 0.29) is 29.8 Å². The fraction of sp³-hybridized carbons (Fsp3) is 0.286. The third-order valence-electron chi connectivity index (χ3n) is 7.38. The first-order valence-electron chi connectivity index (χ1n) is 12.4. The molecular formula is C28H21ClF6N2O4. The number of aromatic carboxylic acids is 1. The maximum absolute atomic E-state index is 14.7. The number of hydrogen-bond acceptors (Lipinski definition) is 4. The van der Waals surface area contributed by atoms with Crippen LogP contribution in [-0.2, 0) is 17.5 Å². The van der Waals surface area contributed by atoms with Crippen LogP contribution in [0.25, 0.3) is 11.1 Å². The van der Waals surface area contributed by atoms with Gasteiger partial charge in [0.25, 0.3) is 0 Å². The van der Waals surface area contributed by atoms with Crippen LogP contribution in [0.1, 0.15) is 34.3 Å². The molecule has 0 radical (unpaired) electrons. The van der Waals surface area contributed by atoms with E-state index >= 15 is 0 Å². The first-order chi connectivity index (χ1) is 19.3. The second-order valence-corrected chi connectivity index (χ2v) is 10.4. The number of carboxylic acid groups (broad SMARTS) is 1. The molecule has 1 N–H and O–H groups in total. The van der Waals surface area contributed by atoms with E-state index in [0.717, 1.165) is 18.2 Å². The van der Waals surface area contributed by atoms with Crippen molar-refractivity contribution in [2.45, 2.75) is 31.2 Å². The number of ether oxygens (including phenoxy) is 1. The Balaban J connectivity index is 1.37. The van der Waals surface area contributed by atoms with Crippen LogP contribution >= 0.6 is 11.6 Å². The molecule has 0 aliphatic carbocycles. The molecular weight excluding hydrogens is 578 g/mol. The number of alkyl halides is 3. The van der Waals surface area contributed by atoms with E-state index in [9.17, 15) is 35.9 Å². The number of benzene rings is 3. The van der Waals surface area contributed by atoms with Gasteiger partial charge in [-0.1, -0.05) is 11.6 Å². The van der Waals surface area contributed by atoms with Crippen molar-refractivity contribution in [2.75, 3.05) is 24.5 Å². The Morgan fingerprint density at radius 3 is 2.24 bits per heavy atom. The SMILES string of the molecule is O=C(O)c1ccc(N2CC3(CCN(Cc4cc(C(F)(F)F)c(Cl)cc4-c4ccc(F)c(F)c4F)CC3)OC2=O)cc1. The molecule has 0 aromatic heterocycles. The zero-order valence-corrected chi connectivity index (χ0v) is 21.8. The van der Waals surface area contributed by atoms with Gasteiger partial charge in [0.05, 0.1) is 22.7 Å². The van der Waals surface area contributed by atoms with Gasteiger partial charge in [0.15, 0.2) is 17.5 Å². The van der Waals surface area contributed by atoms with Crippen molar-refractivity contribution in [1.29, 1.82) is 0 Å². The van der Waals surface area contributed by atoms with E-state index < -0.39 is 57.4 Å². The molecule has 5 rings (SSSR count). The number of carbonyl (C=O) groups excluding carboxylic acids is 1. The Morgan fingerprint density at radius 1 is 0.976 bits per heavy atom. The summed E-state index contributed by atoms with van der Waals surface area (Å²) in [6.45, 7) is 0.681. The fourth-order valence-electron chi connectivity index (χ4n) is 5.18. The molecule has 0 bridgehead atoms. The normalized spacial score (nSPS) is 17.2. The van der Waals surface area contributed by atoms with E-state index in [1.54, 1.807) is 4.90 Å². The summed E-state index contributed by atoms with van der Waals surface area (Å²) >= 11 is 5.88. The molecule has 6 nitrogen and oxygen atoms in total. The number of carboxylic acids is 1. The Labute approximate surface area is 234 Å². The third-order valence-corrected chi connectivity index (χ3v) is 7.69. The van der Waals surface area contributed by atoms with Crippen molar-refractivity contribution < 1.29 is 45.8 Å². The lowest BCUT2D eigenvalue weighted by Gasteiger charge is -2.37. The quantitative estimate of drug-likeness (QED) is 0.250. The maximum Gasteiger partial charge on any atom is 0.417 e. The largest absolute Gasteiger partial charge is 0.478 e. The smallest absolute Gasteiger partial charge is 0.417 e. The van der Waals surface area contributed by atoms with Gasteiger partial charge in [-0.15, -0.1) is 0 Å². The molecule has 1 spiro atoms. The van der Waals surface area contributed by atoms with Crippen molar-refractivity contribution in [3.8, 4) is 11.1 Å². The maximum atomic E-state index is 14.7. The molecule has 216 valence electrons. The summed E-state index contributed by atoms with van der Waals surface area (Å²) in [4.78, 5) is 26.9. The van der Waals surface area contributed by atoms with E-state index in [1.807, 2.05) is 0 Å². The van der Waals surface area contributed by atoms with Crippen LogP contribution in [0.5, 0.6) is 0 Å². The summed E-state index contributed by atoms with van der Waals surface area (Å²) in [5.74, 6) is -5.85. The second kappa shape index (κ2) is 10.6. The molecule has 3 aromatic carbocycles. The lowest BCUT2D eigenvalue weighted by Crippen LogP contribution is -2.46. The number of halogens is 7. The first-order valence-corrected chi connectivity index (χ1v) is 12.8. The van der Waals surface area contributed by atoms with Crippen LogP contribution in [0, 0.1) is 17.5 Å². The summed E-state index contributed by atoms with van der Waals surface area (Å²) in [7, 11) is 0. The van der Waals surface area contributed by atoms with Crippen LogP contribution < -0.4 is 4.90 Å². The highest BCUT2D eigenvalue weighted by Crippen LogP contribution is 2.41. The van der Waals surface area contributed by atoms with Crippen LogP contribution in [0.3, 0.4) is 0 Å². The second-order valence-electron chi connectivity index (χ2n) is 9.98. The summed E-state index contributed by atoms with van der Waals surface area (Å²) in [5.41, 5.74) is -2.04. The minimum absolute atomic E-state index is 0.00569. The highest BCUT2D eigenvalue weighted by atomic mass is 35.5. The molecule has 2 aliphatic rings. The highest BCUT2D eigenvalue weighted by Gasteiger charge is 2.47. The summed E-state index contributed by atoms with van der Waals surface area (Å²) in [6.07, 6.45) is -4.76. The predicted molar refractivity (Wildman–Crippen MR) is 136 cm³/mol. The number of amides is 1. The van der Waals surface area contributed by atoms with Gasteiger partial charge in [-0.05, 0) is 59.7 Å². The van der Waals surface area contributed by atoms with Crippen LogP contribution in [0.2, 0.25) is 5.02 Å². The van der Waals surface area contributed by atoms with Crippen LogP contribution in [0.4, 0.5) is 36.8 Å². The minimum Gasteiger partial charge on any atom is -0.478 e. The van der Waals surface area contributed by atoms with Crippen LogP contribution in [0.15, 0.2) is 48.5 Å². The van der Waals surface area contributed by atoms with Gasteiger partial charge in [-0.2, -0.15) is 13.2 Å². The van der Waals surface area contributed by atoms with E-state index in [0.29, 0.717) is 37.7 Å². The standard InChI is InChI=1S/C28H21ClF6N2O4/c29-21-12-19(18-5-6-22(30)24(32)23(18)31)16(11-20(21)28(33,34)35)13-36-9-7-27(8-10-36)14-37(26(40)41-27)17-3-1-15(2-4-17)25(38)39/h1-6,11-12H,7-10,13-14H2,(H,38,39). The average Bonchev–Trinajstić information content (AvgIpc) is 3.24. The summed E-state index contributed by atoms with van der Waals surface area (Å²) in [5, 5.41) is 8.37. The third kappa shape index (κ3) is 5.58. The Kier molecular flexibility index (Phi) is 7.41. The molecule has 2 heterocycles. The van der Waals surface area contributed by atoms with Gasteiger partial charge < -0.3 is 9.84 Å². The number of piperidine rings is 1. The molecule has 41 heavy (non-hydrogen) atoms. The molecule has 0 unspecified atom stereocenters. The van der Waals surface area contributed by atoms with Gasteiger partial charge in [0.2, 0.25) is 0 Å². The van der Waals surface area contributed by atoms with Crippen molar-refractivity contribution in [3.63, 3.8) is 0 Å². The number of nitrogens with zero attached hydrogens (tertiary/aromatic N) is 2. The predicted octanol–water partition coefficient (Wildman–Crippen LogP) is 7.13.